The third-order valence-corrected chi connectivity index (χ3v) is 4.31. The Labute approximate surface area is 94.7 Å². The Kier molecular flexibility index (Phi) is 1.38. The van der Waals surface area contributed by atoms with Gasteiger partial charge in [-0.2, -0.15) is 5.26 Å². The number of allylic oxidation sites excluding steroid dienone is 4. The molecule has 4 aliphatic rings. The average molecular weight is 205 g/mol. The first kappa shape index (κ1) is 8.35. The van der Waals surface area contributed by atoms with Gasteiger partial charge in [-0.15, -0.1) is 0 Å². The van der Waals surface area contributed by atoms with Crippen LogP contribution in [0.4, 0.5) is 0 Å². The first-order chi connectivity index (χ1) is 7.90. The minimum Gasteiger partial charge on any atom is -0.192 e. The van der Waals surface area contributed by atoms with E-state index in [1.54, 1.807) is 0 Å². The van der Waals surface area contributed by atoms with Gasteiger partial charge in [0.25, 0.3) is 0 Å². The van der Waals surface area contributed by atoms with E-state index in [-0.39, 0.29) is 0 Å². The predicted octanol–water partition coefficient (Wildman–Crippen LogP) is 3.11. The van der Waals surface area contributed by atoms with Crippen molar-refractivity contribution in [3.05, 3.63) is 59.2 Å². The fourth-order valence-corrected chi connectivity index (χ4v) is 3.52. The zero-order chi connectivity index (χ0) is 10.7. The standard InChI is InChI=1S/C15H11N/c16-8-9-2-1-3-13-11-6-7-14(15(9)13)12-5-4-10(11)12/h1-7,10-12,14H/t10-,11+,12+,14-/m1/s1. The van der Waals surface area contributed by atoms with Crippen LogP contribution in [-0.2, 0) is 0 Å². The molecule has 5 rings (SSSR count). The Hall–Kier alpha value is -1.81. The molecule has 16 heavy (non-hydrogen) atoms. The molecule has 4 atom stereocenters. The first-order valence-corrected chi connectivity index (χ1v) is 5.79. The summed E-state index contributed by atoms with van der Waals surface area (Å²) in [6, 6.07) is 8.50. The highest BCUT2D eigenvalue weighted by atomic mass is 14.5. The smallest absolute Gasteiger partial charge is 0.0994 e. The van der Waals surface area contributed by atoms with Gasteiger partial charge >= 0.3 is 0 Å². The molecule has 0 radical (unpaired) electrons. The van der Waals surface area contributed by atoms with E-state index < -0.39 is 0 Å². The second-order valence-electron chi connectivity index (χ2n) is 4.90. The Morgan fingerprint density at radius 1 is 0.938 bits per heavy atom. The first-order valence-electron chi connectivity index (χ1n) is 5.79. The van der Waals surface area contributed by atoms with Gasteiger partial charge in [0.1, 0.15) is 0 Å². The lowest BCUT2D eigenvalue weighted by atomic mass is 9.55. The van der Waals surface area contributed by atoms with Gasteiger partial charge in [-0.05, 0) is 29.0 Å². The predicted molar refractivity (Wildman–Crippen MR) is 61.9 cm³/mol. The quantitative estimate of drug-likeness (QED) is 0.597. The van der Waals surface area contributed by atoms with E-state index in [2.05, 4.69) is 36.4 Å². The van der Waals surface area contributed by atoms with Gasteiger partial charge in [-0.3, -0.25) is 0 Å². The van der Waals surface area contributed by atoms with Crippen LogP contribution in [0, 0.1) is 23.2 Å². The lowest BCUT2D eigenvalue weighted by Gasteiger charge is -2.48. The molecular weight excluding hydrogens is 194 g/mol. The molecular formula is C15H11N. The van der Waals surface area contributed by atoms with Crippen LogP contribution in [0.1, 0.15) is 28.5 Å². The number of hydrogen-bond acceptors (Lipinski definition) is 1. The Morgan fingerprint density at radius 3 is 2.44 bits per heavy atom. The maximum Gasteiger partial charge on any atom is 0.0994 e. The van der Waals surface area contributed by atoms with Crippen LogP contribution >= 0.6 is 0 Å². The van der Waals surface area contributed by atoms with Gasteiger partial charge in [0.05, 0.1) is 11.6 Å². The van der Waals surface area contributed by atoms with Crippen LogP contribution in [-0.4, -0.2) is 0 Å². The molecule has 4 aliphatic carbocycles. The summed E-state index contributed by atoms with van der Waals surface area (Å²) in [7, 11) is 0. The Bertz CT molecular complexity index is 574. The normalized spacial score (nSPS) is 36.2. The lowest BCUT2D eigenvalue weighted by Crippen LogP contribution is -2.38. The second kappa shape index (κ2) is 2.65. The molecule has 0 saturated heterocycles. The topological polar surface area (TPSA) is 23.8 Å². The monoisotopic (exact) mass is 205 g/mol. The number of benzene rings is 1. The van der Waals surface area contributed by atoms with Gasteiger partial charge in [-0.25, -0.2) is 0 Å². The maximum atomic E-state index is 9.20. The summed E-state index contributed by atoms with van der Waals surface area (Å²) < 4.78 is 0. The van der Waals surface area contributed by atoms with E-state index in [1.807, 2.05) is 12.1 Å². The molecule has 0 spiro atoms. The molecule has 0 fully saturated rings. The molecule has 1 heteroatoms. The van der Waals surface area contributed by atoms with Crippen molar-refractivity contribution in [2.24, 2.45) is 11.8 Å². The Balaban J connectivity index is 2.02. The van der Waals surface area contributed by atoms with E-state index in [0.717, 1.165) is 5.56 Å². The molecule has 0 aliphatic heterocycles. The van der Waals surface area contributed by atoms with Crippen molar-refractivity contribution in [2.75, 3.05) is 0 Å². The highest BCUT2D eigenvalue weighted by Gasteiger charge is 2.45. The van der Waals surface area contributed by atoms with E-state index >= 15 is 0 Å². The van der Waals surface area contributed by atoms with Crippen molar-refractivity contribution >= 4 is 0 Å². The van der Waals surface area contributed by atoms with Gasteiger partial charge in [0.15, 0.2) is 0 Å². The summed E-state index contributed by atoms with van der Waals surface area (Å²) in [5.74, 6) is 2.31. The number of nitriles is 1. The number of nitrogens with zero attached hydrogens (tertiary/aromatic N) is 1. The highest BCUT2D eigenvalue weighted by Crippen LogP contribution is 2.57. The summed E-state index contributed by atoms with van der Waals surface area (Å²) >= 11 is 0. The summed E-state index contributed by atoms with van der Waals surface area (Å²) in [5, 5.41) is 9.20. The third kappa shape index (κ3) is 0.782. The molecule has 1 nitrogen and oxygen atoms in total. The van der Waals surface area contributed by atoms with Crippen molar-refractivity contribution < 1.29 is 0 Å². The summed E-state index contributed by atoms with van der Waals surface area (Å²) in [5.41, 5.74) is 3.55. The van der Waals surface area contributed by atoms with Gasteiger partial charge in [0.2, 0.25) is 0 Å². The number of hydrogen-bond donors (Lipinski definition) is 0. The minimum absolute atomic E-state index is 0.450. The molecule has 1 aromatic carbocycles. The second-order valence-corrected chi connectivity index (χ2v) is 4.90. The van der Waals surface area contributed by atoms with E-state index in [0.29, 0.717) is 23.7 Å². The van der Waals surface area contributed by atoms with Crippen molar-refractivity contribution in [3.63, 3.8) is 0 Å². The maximum absolute atomic E-state index is 9.20. The Morgan fingerprint density at radius 2 is 1.69 bits per heavy atom. The molecule has 0 unspecified atom stereocenters. The fourth-order valence-electron chi connectivity index (χ4n) is 3.52. The van der Waals surface area contributed by atoms with E-state index in [1.165, 1.54) is 11.1 Å². The van der Waals surface area contributed by atoms with Gasteiger partial charge in [0, 0.05) is 11.8 Å². The molecule has 0 amide bonds. The van der Waals surface area contributed by atoms with Crippen LogP contribution in [0.25, 0.3) is 0 Å². The zero-order valence-corrected chi connectivity index (χ0v) is 8.80. The van der Waals surface area contributed by atoms with Crippen LogP contribution in [0.15, 0.2) is 42.5 Å². The molecule has 2 bridgehead atoms. The number of rotatable bonds is 0. The zero-order valence-electron chi connectivity index (χ0n) is 8.80. The van der Waals surface area contributed by atoms with Crippen LogP contribution in [0.2, 0.25) is 0 Å². The molecule has 76 valence electrons. The average Bonchev–Trinajstić information content (AvgIpc) is 2.28. The lowest BCUT2D eigenvalue weighted by molar-refractivity contribution is 0.316. The minimum atomic E-state index is 0.450. The van der Waals surface area contributed by atoms with Crippen molar-refractivity contribution in [1.82, 2.24) is 0 Å². The van der Waals surface area contributed by atoms with Crippen molar-refractivity contribution in [3.8, 4) is 6.07 Å². The van der Waals surface area contributed by atoms with Crippen LogP contribution in [0.5, 0.6) is 0 Å². The highest BCUT2D eigenvalue weighted by molar-refractivity contribution is 5.56. The van der Waals surface area contributed by atoms with Crippen molar-refractivity contribution in [2.45, 2.75) is 11.8 Å². The third-order valence-electron chi connectivity index (χ3n) is 4.31. The largest absolute Gasteiger partial charge is 0.192 e. The molecule has 1 aromatic rings. The molecule has 0 heterocycles. The van der Waals surface area contributed by atoms with Crippen molar-refractivity contribution in [1.29, 1.82) is 5.26 Å². The molecule has 0 saturated carbocycles. The van der Waals surface area contributed by atoms with Crippen LogP contribution in [0.3, 0.4) is 0 Å². The SMILES string of the molecule is N#Cc1cccc2c1[C@@H]1C=C[C@H]2[C@H]2C=C[C@@H]21. The van der Waals surface area contributed by atoms with E-state index in [9.17, 15) is 5.26 Å². The summed E-state index contributed by atoms with van der Waals surface area (Å²) in [6.45, 7) is 0. The van der Waals surface area contributed by atoms with Gasteiger partial charge in [-0.1, -0.05) is 36.4 Å². The van der Waals surface area contributed by atoms with E-state index in [4.69, 9.17) is 0 Å². The summed E-state index contributed by atoms with van der Waals surface area (Å²) in [4.78, 5) is 0. The molecule has 0 N–H and O–H groups in total. The molecule has 0 aromatic heterocycles. The van der Waals surface area contributed by atoms with Crippen LogP contribution < -0.4 is 0 Å². The van der Waals surface area contributed by atoms with Gasteiger partial charge < -0.3 is 0 Å². The summed E-state index contributed by atoms with van der Waals surface area (Å²) in [6.07, 6.45) is 9.27. The fraction of sp³-hybridized carbons (Fsp3) is 0.267.